The van der Waals surface area contributed by atoms with Crippen molar-refractivity contribution in [1.82, 2.24) is 4.90 Å². The van der Waals surface area contributed by atoms with Gasteiger partial charge in [-0.05, 0) is 17.3 Å². The van der Waals surface area contributed by atoms with Gasteiger partial charge in [0, 0.05) is 0 Å². The van der Waals surface area contributed by atoms with Gasteiger partial charge >= 0.3 is 12.3 Å². The van der Waals surface area contributed by atoms with E-state index in [9.17, 15) is 15.0 Å². The number of aliphatic hydroxyl groups excluding tert-OH is 1. The fourth-order valence-electron chi connectivity index (χ4n) is 4.29. The molecule has 0 aromatic carbocycles. The molecular weight excluding hydrogens is 364 g/mol. The summed E-state index contributed by atoms with van der Waals surface area (Å²) in [4.78, 5) is 17.5. The summed E-state index contributed by atoms with van der Waals surface area (Å²) in [5.74, 6) is -1.62. The predicted octanol–water partition coefficient (Wildman–Crippen LogP) is 5.39. The van der Waals surface area contributed by atoms with E-state index in [1.54, 1.807) is 4.90 Å². The number of carbonyl (C=O) groups is 1. The number of carboxylic acids is 1. The van der Waals surface area contributed by atoms with Gasteiger partial charge in [-0.25, -0.2) is 0 Å². The molecule has 2 N–H and O–H groups in total. The summed E-state index contributed by atoms with van der Waals surface area (Å²) in [5.41, 5.74) is 0. The first-order chi connectivity index (χ1) is 14.1. The van der Waals surface area contributed by atoms with Crippen LogP contribution in [0.1, 0.15) is 104 Å². The minimum absolute atomic E-state index is 0.0187. The quantitative estimate of drug-likeness (QED) is 0.222. The van der Waals surface area contributed by atoms with Crippen molar-refractivity contribution in [3.8, 4) is 0 Å². The van der Waals surface area contributed by atoms with E-state index in [-0.39, 0.29) is 5.92 Å². The summed E-state index contributed by atoms with van der Waals surface area (Å²) in [7, 11) is 0. The van der Waals surface area contributed by atoms with Crippen LogP contribution in [0, 0.1) is 11.8 Å². The van der Waals surface area contributed by atoms with Crippen LogP contribution in [0.4, 0.5) is 0 Å². The zero-order valence-corrected chi connectivity index (χ0v) is 18.9. The molecule has 1 aliphatic heterocycles. The molecule has 0 fully saturated rings. The van der Waals surface area contributed by atoms with Crippen molar-refractivity contribution >= 4 is 12.3 Å². The molecule has 1 heterocycles. The summed E-state index contributed by atoms with van der Waals surface area (Å²) < 4.78 is 0. The molecule has 0 aromatic rings. The van der Waals surface area contributed by atoms with Crippen LogP contribution in [0.15, 0.2) is 4.99 Å². The molecule has 5 heteroatoms. The second kappa shape index (κ2) is 16.6. The Hall–Kier alpha value is -1.19. The van der Waals surface area contributed by atoms with Crippen LogP contribution < -0.4 is 0 Å². The number of hydrogen-bond acceptors (Lipinski definition) is 4. The minimum atomic E-state index is -0.893. The van der Waals surface area contributed by atoms with E-state index in [1.165, 1.54) is 70.6 Å². The number of nitrogens with zero attached hydrogens (tertiary/aromatic N) is 2. The van der Waals surface area contributed by atoms with Gasteiger partial charge in [0.25, 0.3) is 0 Å². The molecule has 0 radical (unpaired) electrons. The van der Waals surface area contributed by atoms with Crippen LogP contribution in [-0.4, -0.2) is 53.2 Å². The molecule has 0 spiro atoms. The Morgan fingerprint density at radius 1 is 0.966 bits per heavy atom. The summed E-state index contributed by atoms with van der Waals surface area (Å²) in [5, 5.41) is 20.0. The van der Waals surface area contributed by atoms with Crippen molar-refractivity contribution in [2.75, 3.05) is 19.6 Å². The molecule has 168 valence electrons. The number of rotatable bonds is 19. The van der Waals surface area contributed by atoms with E-state index in [2.05, 4.69) is 18.3 Å². The molecule has 0 aliphatic carbocycles. The molecule has 3 unspecified atom stereocenters. The molecule has 0 saturated carbocycles. The average molecular weight is 410 g/mol. The highest BCUT2D eigenvalue weighted by Gasteiger charge is 2.35. The van der Waals surface area contributed by atoms with E-state index in [4.69, 9.17) is 0 Å². The van der Waals surface area contributed by atoms with Crippen molar-refractivity contribution in [1.29, 1.82) is 0 Å². The van der Waals surface area contributed by atoms with Crippen molar-refractivity contribution in [2.24, 2.45) is 16.8 Å². The number of aliphatic imine (C=N–C) groups is 1. The molecule has 0 bridgehead atoms. The lowest BCUT2D eigenvalue weighted by Gasteiger charge is -2.25. The van der Waals surface area contributed by atoms with Gasteiger partial charge in [0.05, 0.1) is 25.1 Å². The van der Waals surface area contributed by atoms with Crippen molar-refractivity contribution in [3.63, 3.8) is 0 Å². The van der Waals surface area contributed by atoms with Gasteiger partial charge in [0.2, 0.25) is 0 Å². The molecule has 1 rings (SSSR count). The first-order valence-corrected chi connectivity index (χ1v) is 12.1. The lowest BCUT2D eigenvalue weighted by Crippen LogP contribution is -2.41. The second-order valence-electron chi connectivity index (χ2n) is 8.87. The van der Waals surface area contributed by atoms with Gasteiger partial charge in [-0.1, -0.05) is 97.3 Å². The number of unbranched alkanes of at least 4 members (excludes halogenated alkanes) is 12. The first kappa shape index (κ1) is 25.8. The normalized spacial score (nSPS) is 16.6. The highest BCUT2D eigenvalue weighted by Crippen LogP contribution is 2.24. The third-order valence-corrected chi connectivity index (χ3v) is 6.18. The fourth-order valence-corrected chi connectivity index (χ4v) is 4.29. The maximum Gasteiger partial charge on any atom is 0.517 e. The highest BCUT2D eigenvalue weighted by atomic mass is 16.4. The molecule has 1 aliphatic rings. The van der Waals surface area contributed by atoms with Gasteiger partial charge in [-0.15, -0.1) is 4.90 Å². The molecule has 0 saturated heterocycles. The van der Waals surface area contributed by atoms with Gasteiger partial charge in [-0.3, -0.25) is 4.79 Å². The number of aliphatic carboxylic acids is 1. The monoisotopic (exact) mass is 409 g/mol. The lowest BCUT2D eigenvalue weighted by atomic mass is 9.85. The van der Waals surface area contributed by atoms with Crippen LogP contribution >= 0.6 is 0 Å². The summed E-state index contributed by atoms with van der Waals surface area (Å²) in [6, 6.07) is 0. The Balaban J connectivity index is 2.04. The van der Waals surface area contributed by atoms with Gasteiger partial charge < -0.3 is 10.2 Å². The molecule has 0 amide bonds. The van der Waals surface area contributed by atoms with Crippen LogP contribution in [0.3, 0.4) is 0 Å². The third kappa shape index (κ3) is 12.2. The largest absolute Gasteiger partial charge is 0.517 e. The van der Waals surface area contributed by atoms with E-state index in [1.807, 2.05) is 6.92 Å². The van der Waals surface area contributed by atoms with Crippen LogP contribution in [0.2, 0.25) is 0 Å². The van der Waals surface area contributed by atoms with Crippen LogP contribution in [0.25, 0.3) is 0 Å². The second-order valence-corrected chi connectivity index (χ2v) is 8.87. The number of carboxylic acid groups (broad SMARTS) is 1. The number of hydrogen-bond donors (Lipinski definition) is 2. The minimum Gasteiger partial charge on any atom is -0.481 e. The standard InChI is InChI=1S/C24H44N2O3/c1-3-4-5-6-7-8-9-10-11-12-13-14-15-16-21(2)23(24(28)29)22(27)19-26-18-17-25-20-26/h21-23,27H,3-19H2,1-2H3/p+1. The Morgan fingerprint density at radius 3 is 1.93 bits per heavy atom. The molecule has 29 heavy (non-hydrogen) atoms. The van der Waals surface area contributed by atoms with Crippen molar-refractivity contribution in [3.05, 3.63) is 0 Å². The lowest BCUT2D eigenvalue weighted by molar-refractivity contribution is -0.148. The zero-order valence-electron chi connectivity index (χ0n) is 18.9. The Kier molecular flexibility index (Phi) is 14.8. The fraction of sp³-hybridized carbons (Fsp3) is 0.917. The van der Waals surface area contributed by atoms with E-state index in [0.29, 0.717) is 13.1 Å². The topological polar surface area (TPSA) is 73.1 Å². The van der Waals surface area contributed by atoms with Crippen molar-refractivity contribution in [2.45, 2.75) is 110 Å². The average Bonchev–Trinajstić information content (AvgIpc) is 3.18. The first-order valence-electron chi connectivity index (χ1n) is 12.1. The molecule has 5 nitrogen and oxygen atoms in total. The maximum atomic E-state index is 11.7. The summed E-state index contributed by atoms with van der Waals surface area (Å²) >= 11 is 0. The SMILES string of the molecule is CCCCCCCCCCCCCCCC(C)C(C(=O)O)C(O)CN1[C+]=NCC1. The molecular formula is C24H45N2O3+. The van der Waals surface area contributed by atoms with E-state index in [0.717, 1.165) is 25.8 Å². The van der Waals surface area contributed by atoms with Crippen LogP contribution in [-0.2, 0) is 4.79 Å². The third-order valence-electron chi connectivity index (χ3n) is 6.18. The van der Waals surface area contributed by atoms with Gasteiger partial charge in [-0.2, -0.15) is 0 Å². The molecule has 3 atom stereocenters. The zero-order chi connectivity index (χ0) is 21.3. The molecule has 0 aromatic heterocycles. The Bertz CT molecular complexity index is 442. The Morgan fingerprint density at radius 2 is 1.48 bits per heavy atom. The van der Waals surface area contributed by atoms with Crippen molar-refractivity contribution < 1.29 is 15.0 Å². The van der Waals surface area contributed by atoms with E-state index < -0.39 is 18.0 Å². The predicted molar refractivity (Wildman–Crippen MR) is 120 cm³/mol. The van der Waals surface area contributed by atoms with Gasteiger partial charge in [0.15, 0.2) is 0 Å². The number of aliphatic hydroxyl groups is 1. The number of β-amino-alcohol motifs (C(OH)–C–C–N with tert-alkyl or cyclic N) is 1. The highest BCUT2D eigenvalue weighted by molar-refractivity contribution is 5.71. The van der Waals surface area contributed by atoms with E-state index >= 15 is 0 Å². The maximum absolute atomic E-state index is 11.7. The van der Waals surface area contributed by atoms with Crippen LogP contribution in [0.5, 0.6) is 0 Å². The summed E-state index contributed by atoms with van der Waals surface area (Å²) in [6.07, 6.45) is 19.9. The Labute approximate surface area is 179 Å². The van der Waals surface area contributed by atoms with Gasteiger partial charge in [0.1, 0.15) is 6.54 Å². The smallest absolute Gasteiger partial charge is 0.481 e. The summed E-state index contributed by atoms with van der Waals surface area (Å²) in [6.45, 7) is 5.93.